The van der Waals surface area contributed by atoms with E-state index in [-0.39, 0.29) is 37.2 Å². The number of nitrogens with one attached hydrogen (secondary N) is 2. The van der Waals surface area contributed by atoms with Crippen LogP contribution in [0.25, 0.3) is 0 Å². The molecule has 2 fully saturated rings. The first-order valence-electron chi connectivity index (χ1n) is 12.0. The number of benzene rings is 1. The van der Waals surface area contributed by atoms with Crippen molar-refractivity contribution in [2.24, 2.45) is 0 Å². The van der Waals surface area contributed by atoms with Gasteiger partial charge in [-0.1, -0.05) is 37.0 Å². The Labute approximate surface area is 197 Å². The van der Waals surface area contributed by atoms with Crippen molar-refractivity contribution >= 4 is 29.3 Å². The number of nitrogens with zero attached hydrogens (tertiary/aromatic N) is 4. The fourth-order valence-electron chi connectivity index (χ4n) is 5.19. The minimum atomic E-state index is -0.696. The van der Waals surface area contributed by atoms with Crippen LogP contribution in [0.4, 0.5) is 5.69 Å². The fourth-order valence-corrected chi connectivity index (χ4v) is 5.19. The van der Waals surface area contributed by atoms with Gasteiger partial charge in [0.25, 0.3) is 5.91 Å². The molecule has 1 unspecified atom stereocenters. The van der Waals surface area contributed by atoms with Gasteiger partial charge in [0.1, 0.15) is 12.6 Å². The lowest BCUT2D eigenvalue weighted by Gasteiger charge is -2.29. The third-order valence-electron chi connectivity index (χ3n) is 6.99. The van der Waals surface area contributed by atoms with Gasteiger partial charge in [-0.25, -0.2) is 4.68 Å². The molecule has 10 heteroatoms. The minimum Gasteiger partial charge on any atom is -0.324 e. The average Bonchev–Trinajstić information content (AvgIpc) is 3.29. The van der Waals surface area contributed by atoms with Gasteiger partial charge >= 0.3 is 0 Å². The van der Waals surface area contributed by atoms with Crippen LogP contribution in [0.1, 0.15) is 78.9 Å². The smallest absolute Gasteiger partial charge is 0.255 e. The summed E-state index contributed by atoms with van der Waals surface area (Å²) in [5, 5.41) is 13.6. The Morgan fingerprint density at radius 1 is 1.09 bits per heavy atom. The van der Waals surface area contributed by atoms with Crippen molar-refractivity contribution in [3.63, 3.8) is 0 Å². The molecule has 0 bridgehead atoms. The Morgan fingerprint density at radius 2 is 1.88 bits per heavy atom. The lowest BCUT2D eigenvalue weighted by Crippen LogP contribution is -2.52. The van der Waals surface area contributed by atoms with E-state index < -0.39 is 11.9 Å². The van der Waals surface area contributed by atoms with Crippen LogP contribution in [0.3, 0.4) is 0 Å². The van der Waals surface area contributed by atoms with Gasteiger partial charge in [-0.2, -0.15) is 0 Å². The highest BCUT2D eigenvalue weighted by atomic mass is 16.2. The van der Waals surface area contributed by atoms with Crippen LogP contribution in [-0.2, 0) is 27.5 Å². The molecule has 178 valence electrons. The van der Waals surface area contributed by atoms with Crippen LogP contribution < -0.4 is 10.6 Å². The Balaban J connectivity index is 1.25. The van der Waals surface area contributed by atoms with Gasteiger partial charge in [0.2, 0.25) is 17.7 Å². The number of anilines is 1. The summed E-state index contributed by atoms with van der Waals surface area (Å²) in [5.41, 5.74) is 2.61. The summed E-state index contributed by atoms with van der Waals surface area (Å²) in [5.74, 6) is -0.921. The van der Waals surface area contributed by atoms with Crippen LogP contribution >= 0.6 is 0 Å². The summed E-state index contributed by atoms with van der Waals surface area (Å²) in [7, 11) is 0. The summed E-state index contributed by atoms with van der Waals surface area (Å²) in [4.78, 5) is 51.0. The van der Waals surface area contributed by atoms with Crippen LogP contribution in [0.5, 0.6) is 0 Å². The third-order valence-corrected chi connectivity index (χ3v) is 6.99. The molecule has 2 N–H and O–H groups in total. The number of imide groups is 1. The molecule has 3 aliphatic rings. The predicted octanol–water partition coefficient (Wildman–Crippen LogP) is 2.12. The highest BCUT2D eigenvalue weighted by molar-refractivity contribution is 6.06. The molecule has 4 amide bonds. The van der Waals surface area contributed by atoms with Crippen molar-refractivity contribution < 1.29 is 19.2 Å². The zero-order valence-corrected chi connectivity index (χ0v) is 19.0. The maximum atomic E-state index is 13.0. The van der Waals surface area contributed by atoms with Crippen molar-refractivity contribution in [3.8, 4) is 0 Å². The zero-order valence-electron chi connectivity index (χ0n) is 19.0. The fraction of sp³-hybridized carbons (Fsp3) is 0.500. The van der Waals surface area contributed by atoms with Crippen LogP contribution in [-0.4, -0.2) is 49.6 Å². The number of fused-ring (bicyclic) bond motifs is 1. The summed E-state index contributed by atoms with van der Waals surface area (Å²) < 4.78 is 1.56. The largest absolute Gasteiger partial charge is 0.324 e. The lowest BCUT2D eigenvalue weighted by molar-refractivity contribution is -0.137. The van der Waals surface area contributed by atoms with Gasteiger partial charge in [0.05, 0.1) is 5.69 Å². The summed E-state index contributed by atoms with van der Waals surface area (Å²) in [6, 6.07) is 4.45. The molecular weight excluding hydrogens is 436 g/mol. The molecule has 2 aromatic rings. The highest BCUT2D eigenvalue weighted by Gasteiger charge is 2.40. The molecule has 0 spiro atoms. The second-order valence-corrected chi connectivity index (χ2v) is 9.31. The number of aromatic nitrogens is 3. The van der Waals surface area contributed by atoms with Crippen molar-refractivity contribution in [3.05, 3.63) is 41.2 Å². The minimum absolute atomic E-state index is 0.0220. The molecule has 1 aromatic heterocycles. The second kappa shape index (κ2) is 9.36. The first-order chi connectivity index (χ1) is 16.5. The molecule has 2 aliphatic heterocycles. The van der Waals surface area contributed by atoms with E-state index >= 15 is 0 Å². The van der Waals surface area contributed by atoms with Gasteiger partial charge in [-0.05, 0) is 31.4 Å². The predicted molar refractivity (Wildman–Crippen MR) is 122 cm³/mol. The molecular formula is C24H28N6O4. The lowest BCUT2D eigenvalue weighted by atomic mass is 9.97. The van der Waals surface area contributed by atoms with E-state index in [2.05, 4.69) is 20.9 Å². The molecule has 10 nitrogen and oxygen atoms in total. The summed E-state index contributed by atoms with van der Waals surface area (Å²) >= 11 is 0. The number of piperidine rings is 1. The maximum Gasteiger partial charge on any atom is 0.255 e. The van der Waals surface area contributed by atoms with E-state index in [0.717, 1.165) is 18.5 Å². The monoisotopic (exact) mass is 464 g/mol. The number of hydrogen-bond acceptors (Lipinski definition) is 6. The molecule has 1 saturated heterocycles. The quantitative estimate of drug-likeness (QED) is 0.516. The second-order valence-electron chi connectivity index (χ2n) is 9.31. The number of rotatable bonds is 5. The van der Waals surface area contributed by atoms with Crippen molar-refractivity contribution in [2.75, 3.05) is 5.32 Å². The SMILES string of the molecule is O=C1CCC(N2Cc3c(NC(=O)Cn4cc(C5CCCCCC5)nn4)cccc3C2=O)C(=O)N1. The molecule has 0 radical (unpaired) electrons. The number of hydrogen-bond donors (Lipinski definition) is 2. The highest BCUT2D eigenvalue weighted by Crippen LogP contribution is 2.33. The van der Waals surface area contributed by atoms with E-state index in [1.807, 2.05) is 6.20 Å². The molecule has 1 aliphatic carbocycles. The first kappa shape index (κ1) is 22.2. The average molecular weight is 465 g/mol. The topological polar surface area (TPSA) is 126 Å². The van der Waals surface area contributed by atoms with Crippen molar-refractivity contribution in [1.82, 2.24) is 25.2 Å². The Morgan fingerprint density at radius 3 is 2.65 bits per heavy atom. The van der Waals surface area contributed by atoms with Crippen molar-refractivity contribution in [2.45, 2.75) is 76.4 Å². The van der Waals surface area contributed by atoms with E-state index in [9.17, 15) is 19.2 Å². The van der Waals surface area contributed by atoms with Crippen LogP contribution in [0, 0.1) is 0 Å². The zero-order chi connectivity index (χ0) is 23.7. The van der Waals surface area contributed by atoms with E-state index in [1.54, 1.807) is 22.9 Å². The summed E-state index contributed by atoms with van der Waals surface area (Å²) in [6.45, 7) is 0.222. The van der Waals surface area contributed by atoms with E-state index in [0.29, 0.717) is 29.2 Å². The molecule has 3 heterocycles. The molecule has 1 saturated carbocycles. The molecule has 5 rings (SSSR count). The van der Waals surface area contributed by atoms with Crippen LogP contribution in [0.2, 0.25) is 0 Å². The van der Waals surface area contributed by atoms with Gasteiger partial charge in [-0.3, -0.25) is 24.5 Å². The van der Waals surface area contributed by atoms with E-state index in [1.165, 1.54) is 30.6 Å². The number of amides is 4. The van der Waals surface area contributed by atoms with Gasteiger partial charge in [0.15, 0.2) is 0 Å². The van der Waals surface area contributed by atoms with Crippen molar-refractivity contribution in [1.29, 1.82) is 0 Å². The normalized spacial score (nSPS) is 21.2. The Hall–Kier alpha value is -3.56. The maximum absolute atomic E-state index is 13.0. The molecule has 1 atom stereocenters. The van der Waals surface area contributed by atoms with Crippen LogP contribution in [0.15, 0.2) is 24.4 Å². The number of carbonyl (C=O) groups is 4. The standard InChI is InChI=1S/C24H28N6O4/c31-21-11-10-20(23(33)26-21)30-12-17-16(24(30)34)8-5-9-18(17)25-22(32)14-29-13-19(27-28-29)15-6-3-1-2-4-7-15/h5,8-9,13,15,20H,1-4,6-7,10-12,14H2,(H,25,32)(H,26,31,33). The molecule has 34 heavy (non-hydrogen) atoms. The van der Waals surface area contributed by atoms with Gasteiger partial charge in [-0.15, -0.1) is 5.10 Å². The number of carbonyl (C=O) groups excluding carboxylic acids is 4. The Kier molecular flexibility index (Phi) is 6.12. The Bertz CT molecular complexity index is 1130. The summed E-state index contributed by atoms with van der Waals surface area (Å²) in [6.07, 6.45) is 9.49. The van der Waals surface area contributed by atoms with Gasteiger partial charge in [0, 0.05) is 41.9 Å². The molecule has 1 aromatic carbocycles. The first-order valence-corrected chi connectivity index (χ1v) is 12.0. The van der Waals surface area contributed by atoms with Gasteiger partial charge < -0.3 is 10.2 Å². The van der Waals surface area contributed by atoms with E-state index in [4.69, 9.17) is 0 Å². The third kappa shape index (κ3) is 4.44.